The number of halogens is 1. The molecular formula is C15H23ClN2O3S. The maximum absolute atomic E-state index is 12.1. The summed E-state index contributed by atoms with van der Waals surface area (Å²) in [6, 6.07) is 5.68. The van der Waals surface area contributed by atoms with Crippen molar-refractivity contribution in [2.45, 2.75) is 19.4 Å². The molecule has 0 saturated carbocycles. The molecule has 1 atom stereocenters. The number of ether oxygens (including phenoxy) is 2. The molecule has 22 heavy (non-hydrogen) atoms. The van der Waals surface area contributed by atoms with Crippen molar-refractivity contribution in [1.29, 1.82) is 0 Å². The monoisotopic (exact) mass is 346 g/mol. The van der Waals surface area contributed by atoms with Gasteiger partial charge in [-0.05, 0) is 19.1 Å². The zero-order valence-electron chi connectivity index (χ0n) is 12.9. The fourth-order valence-electron chi connectivity index (χ4n) is 2.21. The minimum Gasteiger partial charge on any atom is -0.493 e. The SMILES string of the molecule is CCOc1ccc(NC(=O)CC2CSCCN2)cc1OC.Cl. The standard InChI is InChI=1S/C15H22N2O3S.ClH/c1-3-20-13-5-4-11(8-14(13)19-2)17-15(18)9-12-10-21-7-6-16-12;/h4-5,8,12,16H,3,6-7,9-10H2,1-2H3,(H,17,18);1H. The zero-order valence-corrected chi connectivity index (χ0v) is 14.5. The smallest absolute Gasteiger partial charge is 0.225 e. The molecule has 1 aromatic carbocycles. The molecule has 0 aliphatic carbocycles. The molecule has 5 nitrogen and oxygen atoms in total. The number of hydrogen-bond donors (Lipinski definition) is 2. The van der Waals surface area contributed by atoms with E-state index >= 15 is 0 Å². The van der Waals surface area contributed by atoms with Crippen LogP contribution in [-0.2, 0) is 4.79 Å². The minimum atomic E-state index is 0. The van der Waals surface area contributed by atoms with Crippen molar-refractivity contribution >= 4 is 35.8 Å². The lowest BCUT2D eigenvalue weighted by atomic mass is 10.2. The summed E-state index contributed by atoms with van der Waals surface area (Å²) in [5.41, 5.74) is 0.726. The lowest BCUT2D eigenvalue weighted by Crippen LogP contribution is -2.39. The Labute approximate surface area is 141 Å². The van der Waals surface area contributed by atoms with E-state index < -0.39 is 0 Å². The third-order valence-electron chi connectivity index (χ3n) is 3.18. The van der Waals surface area contributed by atoms with Crippen molar-refractivity contribution in [3.8, 4) is 11.5 Å². The van der Waals surface area contributed by atoms with Gasteiger partial charge in [-0.1, -0.05) is 0 Å². The van der Waals surface area contributed by atoms with Gasteiger partial charge in [0.2, 0.25) is 5.91 Å². The van der Waals surface area contributed by atoms with E-state index in [0.717, 1.165) is 23.7 Å². The number of amides is 1. The molecular weight excluding hydrogens is 324 g/mol. The van der Waals surface area contributed by atoms with Crippen LogP contribution in [-0.4, -0.2) is 43.7 Å². The van der Waals surface area contributed by atoms with Crippen molar-refractivity contribution in [2.75, 3.05) is 37.1 Å². The van der Waals surface area contributed by atoms with Gasteiger partial charge in [0, 0.05) is 42.3 Å². The van der Waals surface area contributed by atoms with Crippen molar-refractivity contribution in [1.82, 2.24) is 5.32 Å². The second-order valence-electron chi connectivity index (χ2n) is 4.78. The van der Waals surface area contributed by atoms with Crippen molar-refractivity contribution < 1.29 is 14.3 Å². The maximum Gasteiger partial charge on any atom is 0.225 e. The zero-order chi connectivity index (χ0) is 15.1. The lowest BCUT2D eigenvalue weighted by molar-refractivity contribution is -0.116. The normalized spacial score (nSPS) is 17.3. The maximum atomic E-state index is 12.1. The number of benzene rings is 1. The molecule has 124 valence electrons. The van der Waals surface area contributed by atoms with Crippen LogP contribution in [0.1, 0.15) is 13.3 Å². The minimum absolute atomic E-state index is 0. The molecule has 1 unspecified atom stereocenters. The van der Waals surface area contributed by atoms with Gasteiger partial charge in [0.05, 0.1) is 13.7 Å². The fraction of sp³-hybridized carbons (Fsp3) is 0.533. The van der Waals surface area contributed by atoms with Gasteiger partial charge in [0.25, 0.3) is 0 Å². The Hall–Kier alpha value is -1.11. The topological polar surface area (TPSA) is 59.6 Å². The molecule has 1 saturated heterocycles. The molecule has 1 aliphatic heterocycles. The first-order valence-corrected chi connectivity index (χ1v) is 8.30. The number of methoxy groups -OCH3 is 1. The summed E-state index contributed by atoms with van der Waals surface area (Å²) in [5, 5.41) is 6.27. The van der Waals surface area contributed by atoms with E-state index in [2.05, 4.69) is 10.6 Å². The van der Waals surface area contributed by atoms with E-state index in [0.29, 0.717) is 24.5 Å². The molecule has 1 aromatic rings. The largest absolute Gasteiger partial charge is 0.493 e. The highest BCUT2D eigenvalue weighted by Gasteiger charge is 2.17. The number of rotatable bonds is 6. The Morgan fingerprint density at radius 1 is 1.45 bits per heavy atom. The molecule has 0 spiro atoms. The van der Waals surface area contributed by atoms with Gasteiger partial charge in [0.1, 0.15) is 0 Å². The van der Waals surface area contributed by atoms with Crippen LogP contribution >= 0.6 is 24.2 Å². The quantitative estimate of drug-likeness (QED) is 0.829. The molecule has 2 N–H and O–H groups in total. The second kappa shape index (κ2) is 9.82. The summed E-state index contributed by atoms with van der Waals surface area (Å²) < 4.78 is 10.7. The van der Waals surface area contributed by atoms with Gasteiger partial charge in [-0.2, -0.15) is 11.8 Å². The van der Waals surface area contributed by atoms with Crippen LogP contribution in [0.25, 0.3) is 0 Å². The average molecular weight is 347 g/mol. The highest BCUT2D eigenvalue weighted by Crippen LogP contribution is 2.30. The van der Waals surface area contributed by atoms with Gasteiger partial charge in [-0.25, -0.2) is 0 Å². The summed E-state index contributed by atoms with van der Waals surface area (Å²) in [6.07, 6.45) is 0.489. The Bertz CT molecular complexity index is 482. The number of thioether (sulfide) groups is 1. The summed E-state index contributed by atoms with van der Waals surface area (Å²) in [5.74, 6) is 3.43. The highest BCUT2D eigenvalue weighted by atomic mass is 35.5. The molecule has 1 aliphatic rings. The molecule has 0 aromatic heterocycles. The summed E-state index contributed by atoms with van der Waals surface area (Å²) in [4.78, 5) is 12.1. The average Bonchev–Trinajstić information content (AvgIpc) is 2.50. The first kappa shape index (κ1) is 18.9. The van der Waals surface area contributed by atoms with Crippen LogP contribution in [0.5, 0.6) is 11.5 Å². The lowest BCUT2D eigenvalue weighted by Gasteiger charge is -2.22. The van der Waals surface area contributed by atoms with Gasteiger partial charge >= 0.3 is 0 Å². The Kier molecular flexibility index (Phi) is 8.45. The van der Waals surface area contributed by atoms with Crippen LogP contribution in [0.3, 0.4) is 0 Å². The van der Waals surface area contributed by atoms with E-state index in [9.17, 15) is 4.79 Å². The number of hydrogen-bond acceptors (Lipinski definition) is 5. The predicted molar refractivity (Wildman–Crippen MR) is 93.8 cm³/mol. The third kappa shape index (κ3) is 5.59. The van der Waals surface area contributed by atoms with E-state index in [1.165, 1.54) is 0 Å². The van der Waals surface area contributed by atoms with Crippen LogP contribution in [0.15, 0.2) is 18.2 Å². The second-order valence-corrected chi connectivity index (χ2v) is 5.93. The first-order valence-electron chi connectivity index (χ1n) is 7.14. The van der Waals surface area contributed by atoms with Gasteiger partial charge in [-0.15, -0.1) is 12.4 Å². The van der Waals surface area contributed by atoms with E-state index in [1.54, 1.807) is 13.2 Å². The van der Waals surface area contributed by atoms with E-state index in [1.807, 2.05) is 30.8 Å². The Balaban J connectivity index is 0.00000242. The van der Waals surface area contributed by atoms with Crippen molar-refractivity contribution in [3.05, 3.63) is 18.2 Å². The molecule has 7 heteroatoms. The molecule has 0 bridgehead atoms. The number of anilines is 1. The highest BCUT2D eigenvalue weighted by molar-refractivity contribution is 7.99. The summed E-state index contributed by atoms with van der Waals surface area (Å²) in [7, 11) is 1.59. The van der Waals surface area contributed by atoms with Gasteiger partial charge < -0.3 is 20.1 Å². The Morgan fingerprint density at radius 3 is 2.91 bits per heavy atom. The predicted octanol–water partition coefficient (Wildman–Crippen LogP) is 2.55. The third-order valence-corrected chi connectivity index (χ3v) is 4.31. The molecule has 2 rings (SSSR count). The molecule has 1 heterocycles. The first-order chi connectivity index (χ1) is 10.2. The number of nitrogens with one attached hydrogen (secondary N) is 2. The van der Waals surface area contributed by atoms with Crippen LogP contribution in [0, 0.1) is 0 Å². The van der Waals surface area contributed by atoms with Crippen LogP contribution < -0.4 is 20.1 Å². The van der Waals surface area contributed by atoms with E-state index in [-0.39, 0.29) is 24.4 Å². The summed E-state index contributed by atoms with van der Waals surface area (Å²) >= 11 is 1.89. The summed E-state index contributed by atoms with van der Waals surface area (Å²) in [6.45, 7) is 3.47. The van der Waals surface area contributed by atoms with Crippen molar-refractivity contribution in [3.63, 3.8) is 0 Å². The molecule has 1 amide bonds. The van der Waals surface area contributed by atoms with Gasteiger partial charge in [0.15, 0.2) is 11.5 Å². The number of carbonyl (C=O) groups is 1. The molecule has 1 fully saturated rings. The van der Waals surface area contributed by atoms with Crippen LogP contribution in [0.4, 0.5) is 5.69 Å². The van der Waals surface area contributed by atoms with E-state index in [4.69, 9.17) is 9.47 Å². The van der Waals surface area contributed by atoms with Gasteiger partial charge in [-0.3, -0.25) is 4.79 Å². The fourth-order valence-corrected chi connectivity index (χ4v) is 3.16. The Morgan fingerprint density at radius 2 is 2.27 bits per heavy atom. The molecule has 0 radical (unpaired) electrons. The van der Waals surface area contributed by atoms with Crippen LogP contribution in [0.2, 0.25) is 0 Å². The van der Waals surface area contributed by atoms with Crippen molar-refractivity contribution in [2.24, 2.45) is 0 Å². The number of carbonyl (C=O) groups excluding carboxylic acids is 1.